The van der Waals surface area contributed by atoms with Gasteiger partial charge in [0.25, 0.3) is 0 Å². The first-order valence-electron chi connectivity index (χ1n) is 10.4. The van der Waals surface area contributed by atoms with Crippen molar-refractivity contribution >= 4 is 23.1 Å². The molecule has 0 radical (unpaired) electrons. The molecule has 2 atom stereocenters. The number of Topliss-reactive ketones (excluding diaryl/α,β-unsaturated/α-hetero) is 1. The number of hydrogen-bond acceptors (Lipinski definition) is 2. The molecule has 0 amide bonds. The largest absolute Gasteiger partial charge is 0.349 e. The maximum atomic E-state index is 13.4. The van der Waals surface area contributed by atoms with E-state index < -0.39 is 5.54 Å². The molecule has 3 heteroatoms. The van der Waals surface area contributed by atoms with Gasteiger partial charge >= 0.3 is 0 Å². The van der Waals surface area contributed by atoms with E-state index in [1.54, 1.807) is 0 Å². The van der Waals surface area contributed by atoms with E-state index in [2.05, 4.69) is 41.3 Å². The average molecular weight is 424 g/mol. The predicted molar refractivity (Wildman–Crippen MR) is 127 cm³/mol. The van der Waals surface area contributed by atoms with Gasteiger partial charge in [0.05, 0.1) is 11.6 Å². The molecular formula is C28H22ClNO. The fourth-order valence-electron chi connectivity index (χ4n) is 4.65. The summed E-state index contributed by atoms with van der Waals surface area (Å²) in [5, 5.41) is 0.710. The lowest BCUT2D eigenvalue weighted by Crippen LogP contribution is -2.21. The van der Waals surface area contributed by atoms with Gasteiger partial charge in [-0.1, -0.05) is 103 Å². The molecule has 0 aliphatic carbocycles. The highest BCUT2D eigenvalue weighted by atomic mass is 35.5. The highest BCUT2D eigenvalue weighted by Gasteiger charge is 2.64. The quantitative estimate of drug-likeness (QED) is 0.244. The zero-order chi connectivity index (χ0) is 21.3. The third kappa shape index (κ3) is 3.54. The Morgan fingerprint density at radius 2 is 1.29 bits per heavy atom. The maximum absolute atomic E-state index is 13.4. The zero-order valence-corrected chi connectivity index (χ0v) is 17.7. The van der Waals surface area contributed by atoms with Crippen LogP contribution >= 0.6 is 11.6 Å². The molecule has 152 valence electrons. The van der Waals surface area contributed by atoms with Gasteiger partial charge in [-0.2, -0.15) is 0 Å². The van der Waals surface area contributed by atoms with Crippen LogP contribution in [-0.2, 0) is 5.54 Å². The number of anilines is 1. The first-order chi connectivity index (χ1) is 15.2. The lowest BCUT2D eigenvalue weighted by molar-refractivity contribution is 0.0969. The highest BCUT2D eigenvalue weighted by molar-refractivity contribution is 6.30. The second kappa shape index (κ2) is 8.05. The van der Waals surface area contributed by atoms with E-state index >= 15 is 0 Å². The van der Waals surface area contributed by atoms with Crippen molar-refractivity contribution in [3.05, 3.63) is 137 Å². The Labute approximate surface area is 187 Å². The smallest absolute Gasteiger partial charge is 0.165 e. The van der Waals surface area contributed by atoms with Crippen LogP contribution in [0.1, 0.15) is 33.9 Å². The molecular weight excluding hydrogens is 402 g/mol. The summed E-state index contributed by atoms with van der Waals surface area (Å²) >= 11 is 6.17. The minimum atomic E-state index is -0.455. The second-order valence-electron chi connectivity index (χ2n) is 7.92. The number of para-hydroxylation sites is 1. The Kier molecular flexibility index (Phi) is 5.09. The number of carbonyl (C=O) groups is 1. The van der Waals surface area contributed by atoms with Crippen LogP contribution in [0.4, 0.5) is 5.69 Å². The normalized spacial score (nSPS) is 19.8. The van der Waals surface area contributed by atoms with Gasteiger partial charge in [0.1, 0.15) is 0 Å². The molecule has 31 heavy (non-hydrogen) atoms. The van der Waals surface area contributed by atoms with Gasteiger partial charge in [-0.15, -0.1) is 0 Å². The lowest BCUT2D eigenvalue weighted by atomic mass is 9.85. The van der Waals surface area contributed by atoms with Crippen molar-refractivity contribution in [1.82, 2.24) is 0 Å². The minimum absolute atomic E-state index is 0.0437. The van der Waals surface area contributed by atoms with E-state index in [4.69, 9.17) is 11.6 Å². The molecule has 5 rings (SSSR count). The van der Waals surface area contributed by atoms with Gasteiger partial charge in [-0.3, -0.25) is 4.79 Å². The highest BCUT2D eigenvalue weighted by Crippen LogP contribution is 2.64. The van der Waals surface area contributed by atoms with Crippen molar-refractivity contribution in [3.63, 3.8) is 0 Å². The van der Waals surface area contributed by atoms with Crippen LogP contribution in [0.15, 0.2) is 115 Å². The fraction of sp³-hybridized carbons (Fsp3) is 0.107. The molecule has 1 saturated heterocycles. The molecule has 0 aromatic heterocycles. The first-order valence-corrected chi connectivity index (χ1v) is 10.8. The summed E-state index contributed by atoms with van der Waals surface area (Å²) in [4.78, 5) is 15.8. The number of hydrogen-bond donors (Lipinski definition) is 0. The maximum Gasteiger partial charge on any atom is 0.165 e. The van der Waals surface area contributed by atoms with Crippen LogP contribution in [0.2, 0.25) is 5.02 Å². The number of benzene rings is 4. The SMILES string of the molecule is O=C(CC1(c2ccccc2)C(c2ccc(Cl)cc2)N1c1ccccc1)c1ccccc1. The van der Waals surface area contributed by atoms with Gasteiger partial charge in [0.15, 0.2) is 5.78 Å². The molecule has 0 bridgehead atoms. The third-order valence-corrected chi connectivity index (χ3v) is 6.34. The van der Waals surface area contributed by atoms with Crippen molar-refractivity contribution < 1.29 is 4.79 Å². The van der Waals surface area contributed by atoms with Crippen LogP contribution < -0.4 is 4.90 Å². The van der Waals surface area contributed by atoms with Gasteiger partial charge in [0.2, 0.25) is 0 Å². The third-order valence-electron chi connectivity index (χ3n) is 6.09. The van der Waals surface area contributed by atoms with Crippen LogP contribution in [0.3, 0.4) is 0 Å². The Bertz CT molecular complexity index is 1180. The Morgan fingerprint density at radius 3 is 1.90 bits per heavy atom. The molecule has 2 unspecified atom stereocenters. The van der Waals surface area contributed by atoms with Gasteiger partial charge in [0, 0.05) is 22.7 Å². The summed E-state index contributed by atoms with van der Waals surface area (Å²) in [6.45, 7) is 0. The summed E-state index contributed by atoms with van der Waals surface area (Å²) in [6, 6.07) is 38.3. The van der Waals surface area contributed by atoms with E-state index in [1.165, 1.54) is 0 Å². The molecule has 1 fully saturated rings. The number of ketones is 1. The summed E-state index contributed by atoms with van der Waals surface area (Å²) in [7, 11) is 0. The standard InChI is InChI=1S/C28H22ClNO/c29-24-18-16-22(17-19-24)27-28(23-12-6-2-7-13-23,30(27)25-14-8-3-9-15-25)20-26(31)21-10-4-1-5-11-21/h1-19,27H,20H2. The van der Waals surface area contributed by atoms with Crippen LogP contribution in [-0.4, -0.2) is 5.78 Å². The van der Waals surface area contributed by atoms with Crippen molar-refractivity contribution in [2.45, 2.75) is 18.0 Å². The zero-order valence-electron chi connectivity index (χ0n) is 17.0. The summed E-state index contributed by atoms with van der Waals surface area (Å²) in [5.41, 5.74) is 3.68. The molecule has 0 spiro atoms. The summed E-state index contributed by atoms with van der Waals surface area (Å²) in [6.07, 6.45) is 0.392. The van der Waals surface area contributed by atoms with E-state index in [0.29, 0.717) is 11.4 Å². The topological polar surface area (TPSA) is 20.1 Å². The Balaban J connectivity index is 1.65. The van der Waals surface area contributed by atoms with Gasteiger partial charge in [-0.05, 0) is 35.4 Å². The molecule has 4 aromatic carbocycles. The van der Waals surface area contributed by atoms with E-state index in [0.717, 1.165) is 22.4 Å². The minimum Gasteiger partial charge on any atom is -0.349 e. The molecule has 0 saturated carbocycles. The first kappa shape index (κ1) is 19.6. The summed E-state index contributed by atoms with van der Waals surface area (Å²) in [5.74, 6) is 0.141. The Morgan fingerprint density at radius 1 is 0.742 bits per heavy atom. The van der Waals surface area contributed by atoms with Crippen molar-refractivity contribution in [2.24, 2.45) is 0 Å². The van der Waals surface area contributed by atoms with Crippen molar-refractivity contribution in [3.8, 4) is 0 Å². The molecule has 4 aromatic rings. The molecule has 0 N–H and O–H groups in total. The number of halogens is 1. The van der Waals surface area contributed by atoms with Gasteiger partial charge < -0.3 is 4.90 Å². The Hall–Kier alpha value is -3.36. The molecule has 1 aliphatic heterocycles. The molecule has 1 heterocycles. The average Bonchev–Trinajstić information content (AvgIpc) is 3.50. The van der Waals surface area contributed by atoms with Crippen LogP contribution in [0.25, 0.3) is 0 Å². The number of carbonyl (C=O) groups excluding carboxylic acids is 1. The fourth-order valence-corrected chi connectivity index (χ4v) is 4.77. The predicted octanol–water partition coefficient (Wildman–Crippen LogP) is 7.07. The van der Waals surface area contributed by atoms with E-state index in [9.17, 15) is 4.79 Å². The number of nitrogens with zero attached hydrogens (tertiary/aromatic N) is 1. The monoisotopic (exact) mass is 423 g/mol. The van der Waals surface area contributed by atoms with Gasteiger partial charge in [-0.25, -0.2) is 0 Å². The molecule has 1 aliphatic rings. The molecule has 2 nitrogen and oxygen atoms in total. The lowest BCUT2D eigenvalue weighted by Gasteiger charge is -2.19. The van der Waals surface area contributed by atoms with E-state index in [1.807, 2.05) is 78.9 Å². The van der Waals surface area contributed by atoms with Crippen LogP contribution in [0.5, 0.6) is 0 Å². The summed E-state index contributed by atoms with van der Waals surface area (Å²) < 4.78 is 0. The van der Waals surface area contributed by atoms with Crippen molar-refractivity contribution in [1.29, 1.82) is 0 Å². The van der Waals surface area contributed by atoms with Crippen LogP contribution in [0, 0.1) is 0 Å². The second-order valence-corrected chi connectivity index (χ2v) is 8.35. The van der Waals surface area contributed by atoms with E-state index in [-0.39, 0.29) is 11.8 Å². The number of rotatable bonds is 6. The van der Waals surface area contributed by atoms with Crippen molar-refractivity contribution in [2.75, 3.05) is 4.90 Å².